The zero-order valence-corrected chi connectivity index (χ0v) is 13.4. The molecule has 0 aromatic heterocycles. The van der Waals surface area contributed by atoms with Crippen molar-refractivity contribution in [1.29, 1.82) is 0 Å². The van der Waals surface area contributed by atoms with Gasteiger partial charge in [-0.3, -0.25) is 4.79 Å². The third-order valence-electron chi connectivity index (χ3n) is 8.54. The molecule has 5 rings (SSSR count). The van der Waals surface area contributed by atoms with Gasteiger partial charge in [-0.15, -0.1) is 0 Å². The minimum Gasteiger partial charge on any atom is -0.361 e. The molecule has 2 nitrogen and oxygen atoms in total. The number of carbonyl (C=O) groups excluding carboxylic acids is 1. The van der Waals surface area contributed by atoms with Crippen molar-refractivity contribution >= 4 is 5.78 Å². The molecule has 8 atom stereocenters. The van der Waals surface area contributed by atoms with Gasteiger partial charge in [0.15, 0.2) is 5.78 Å². The van der Waals surface area contributed by atoms with Gasteiger partial charge in [0.1, 0.15) is 6.10 Å². The van der Waals surface area contributed by atoms with Crippen LogP contribution in [0.25, 0.3) is 0 Å². The Morgan fingerprint density at radius 1 is 1.05 bits per heavy atom. The minimum atomic E-state index is -0.0351. The van der Waals surface area contributed by atoms with Gasteiger partial charge < -0.3 is 4.74 Å². The molecule has 0 radical (unpaired) electrons. The molecule has 5 aliphatic rings. The Morgan fingerprint density at radius 3 is 2.76 bits per heavy atom. The van der Waals surface area contributed by atoms with E-state index < -0.39 is 0 Å². The van der Waals surface area contributed by atoms with Crippen LogP contribution in [0.2, 0.25) is 0 Å². The number of ketones is 1. The Balaban J connectivity index is 1.52. The van der Waals surface area contributed by atoms with E-state index in [-0.39, 0.29) is 11.5 Å². The zero-order chi connectivity index (χ0) is 14.4. The average molecular weight is 288 g/mol. The number of hydrogen-bond acceptors (Lipinski definition) is 2. The van der Waals surface area contributed by atoms with Gasteiger partial charge in [-0.05, 0) is 61.7 Å². The van der Waals surface area contributed by atoms with Gasteiger partial charge in [-0.25, -0.2) is 0 Å². The molecule has 0 bridgehead atoms. The van der Waals surface area contributed by atoms with Crippen molar-refractivity contribution in [2.24, 2.45) is 34.5 Å². The second kappa shape index (κ2) is 3.93. The first-order valence-corrected chi connectivity index (χ1v) is 9.25. The molecule has 4 aliphatic carbocycles. The normalized spacial score (nSPS) is 61.5. The van der Waals surface area contributed by atoms with Gasteiger partial charge in [0.25, 0.3) is 0 Å². The molecule has 21 heavy (non-hydrogen) atoms. The molecular formula is C19H28O2. The lowest BCUT2D eigenvalue weighted by atomic mass is 9.45. The third-order valence-corrected chi connectivity index (χ3v) is 8.54. The summed E-state index contributed by atoms with van der Waals surface area (Å²) < 4.78 is 5.77. The van der Waals surface area contributed by atoms with E-state index in [0.29, 0.717) is 23.2 Å². The summed E-state index contributed by atoms with van der Waals surface area (Å²) in [5.74, 6) is 3.60. The fourth-order valence-electron chi connectivity index (χ4n) is 7.37. The molecule has 0 spiro atoms. The second-order valence-electron chi connectivity index (χ2n) is 9.16. The van der Waals surface area contributed by atoms with Gasteiger partial charge in [0.05, 0.1) is 6.10 Å². The van der Waals surface area contributed by atoms with Gasteiger partial charge in [-0.1, -0.05) is 26.7 Å². The molecule has 2 heteroatoms. The quantitative estimate of drug-likeness (QED) is 0.631. The van der Waals surface area contributed by atoms with Crippen molar-refractivity contribution in [3.8, 4) is 0 Å². The maximum absolute atomic E-state index is 12.6. The van der Waals surface area contributed by atoms with Crippen LogP contribution in [0.3, 0.4) is 0 Å². The van der Waals surface area contributed by atoms with Gasteiger partial charge in [0, 0.05) is 11.3 Å². The highest BCUT2D eigenvalue weighted by Gasteiger charge is 2.72. The molecular weight excluding hydrogens is 260 g/mol. The summed E-state index contributed by atoms with van der Waals surface area (Å²) in [5, 5.41) is 0. The van der Waals surface area contributed by atoms with Gasteiger partial charge >= 0.3 is 0 Å². The van der Waals surface area contributed by atoms with Crippen LogP contribution in [0.15, 0.2) is 0 Å². The summed E-state index contributed by atoms with van der Waals surface area (Å²) in [6.07, 6.45) is 11.3. The van der Waals surface area contributed by atoms with Crippen molar-refractivity contribution in [3.63, 3.8) is 0 Å². The summed E-state index contributed by atoms with van der Waals surface area (Å²) in [5.41, 5.74) is 0.533. The molecule has 1 aliphatic heterocycles. The Labute approximate surface area is 128 Å². The van der Waals surface area contributed by atoms with E-state index in [9.17, 15) is 4.79 Å². The second-order valence-corrected chi connectivity index (χ2v) is 9.16. The van der Waals surface area contributed by atoms with E-state index in [1.54, 1.807) is 0 Å². The van der Waals surface area contributed by atoms with Crippen LogP contribution in [-0.4, -0.2) is 18.0 Å². The van der Waals surface area contributed by atoms with Crippen molar-refractivity contribution < 1.29 is 9.53 Å². The summed E-state index contributed by atoms with van der Waals surface area (Å²) >= 11 is 0. The molecule has 0 unspecified atom stereocenters. The van der Waals surface area contributed by atoms with Crippen molar-refractivity contribution in [3.05, 3.63) is 0 Å². The Bertz CT molecular complexity index is 500. The zero-order valence-electron chi connectivity index (χ0n) is 13.4. The number of Topliss-reactive ketones (excluding diaryl/α,β-unsaturated/α-hetero) is 1. The Morgan fingerprint density at radius 2 is 1.90 bits per heavy atom. The van der Waals surface area contributed by atoms with Crippen LogP contribution in [0.4, 0.5) is 0 Å². The van der Waals surface area contributed by atoms with E-state index in [0.717, 1.165) is 24.2 Å². The highest BCUT2D eigenvalue weighted by Crippen LogP contribution is 2.68. The molecule has 0 N–H and O–H groups in total. The van der Waals surface area contributed by atoms with Crippen LogP contribution in [0.5, 0.6) is 0 Å². The number of hydrogen-bond donors (Lipinski definition) is 0. The predicted molar refractivity (Wildman–Crippen MR) is 80.8 cm³/mol. The minimum absolute atomic E-state index is 0.00404. The SMILES string of the molecule is C[C@]12CCCC[C@@H]1CC[C@H]1[C@@H]3[C@H]4O[C@H]4C(=O)[C@@]3(C)CC[C@@H]12. The molecule has 1 heterocycles. The number of fused-ring (bicyclic) bond motifs is 7. The van der Waals surface area contributed by atoms with E-state index in [2.05, 4.69) is 13.8 Å². The lowest BCUT2D eigenvalue weighted by Gasteiger charge is -2.59. The fraction of sp³-hybridized carbons (Fsp3) is 0.947. The maximum Gasteiger partial charge on any atom is 0.170 e. The first-order valence-electron chi connectivity index (χ1n) is 9.25. The lowest BCUT2D eigenvalue weighted by Crippen LogP contribution is -2.54. The van der Waals surface area contributed by atoms with Crippen LogP contribution in [0, 0.1) is 34.5 Å². The van der Waals surface area contributed by atoms with Crippen molar-refractivity contribution in [2.75, 3.05) is 0 Å². The largest absolute Gasteiger partial charge is 0.361 e. The first-order chi connectivity index (χ1) is 10.1. The van der Waals surface area contributed by atoms with Crippen molar-refractivity contribution in [2.45, 2.75) is 77.4 Å². The van der Waals surface area contributed by atoms with Crippen LogP contribution < -0.4 is 0 Å². The summed E-state index contributed by atoms with van der Waals surface area (Å²) in [6.45, 7) is 4.86. The lowest BCUT2D eigenvalue weighted by molar-refractivity contribution is -0.149. The van der Waals surface area contributed by atoms with Crippen LogP contribution >= 0.6 is 0 Å². The standard InChI is InChI=1S/C19H28O2/c1-18-9-4-3-5-11(18)6-7-12-13(18)8-10-19(2)14(12)15-16(21-15)17(19)20/h11-16H,3-10H2,1-2H3/t11-,12-,13+,14-,15-,16-,18+,19+/m1/s1. The topological polar surface area (TPSA) is 29.6 Å². The monoisotopic (exact) mass is 288 g/mol. The highest BCUT2D eigenvalue weighted by atomic mass is 16.6. The highest BCUT2D eigenvalue weighted by molar-refractivity contribution is 5.94. The van der Waals surface area contributed by atoms with E-state index in [1.807, 2.05) is 0 Å². The van der Waals surface area contributed by atoms with E-state index >= 15 is 0 Å². The molecule has 0 aromatic rings. The molecule has 0 amide bonds. The average Bonchev–Trinajstić information content (AvgIpc) is 3.21. The smallest absolute Gasteiger partial charge is 0.170 e. The summed E-state index contributed by atoms with van der Waals surface area (Å²) in [7, 11) is 0. The van der Waals surface area contributed by atoms with Gasteiger partial charge in [-0.2, -0.15) is 0 Å². The number of epoxide rings is 1. The Kier molecular flexibility index (Phi) is 2.45. The molecule has 5 fully saturated rings. The molecule has 116 valence electrons. The maximum atomic E-state index is 12.6. The molecule has 4 saturated carbocycles. The molecule has 1 saturated heterocycles. The van der Waals surface area contributed by atoms with E-state index in [4.69, 9.17) is 4.74 Å². The summed E-state index contributed by atoms with van der Waals surface area (Å²) in [6, 6.07) is 0. The van der Waals surface area contributed by atoms with Crippen LogP contribution in [-0.2, 0) is 9.53 Å². The molecule has 0 aromatic carbocycles. The van der Waals surface area contributed by atoms with Gasteiger partial charge in [0.2, 0.25) is 0 Å². The Hall–Kier alpha value is -0.370. The predicted octanol–water partition coefficient (Wildman–Crippen LogP) is 3.98. The third kappa shape index (κ3) is 1.46. The first kappa shape index (κ1) is 13.1. The number of rotatable bonds is 0. The summed E-state index contributed by atoms with van der Waals surface area (Å²) in [4.78, 5) is 12.6. The number of carbonyl (C=O) groups is 1. The number of ether oxygens (including phenoxy) is 1. The fourth-order valence-corrected chi connectivity index (χ4v) is 7.37. The van der Waals surface area contributed by atoms with E-state index in [1.165, 1.54) is 44.9 Å². The van der Waals surface area contributed by atoms with Crippen LogP contribution in [0.1, 0.15) is 65.2 Å². The van der Waals surface area contributed by atoms with Crippen molar-refractivity contribution in [1.82, 2.24) is 0 Å².